The molecule has 0 aliphatic carbocycles. The number of benzene rings is 6. The van der Waals surface area contributed by atoms with Crippen molar-refractivity contribution in [2.24, 2.45) is 0 Å². The normalized spacial score (nSPS) is 11.9. The number of hydrogen-bond donors (Lipinski definition) is 0. The maximum absolute atomic E-state index is 6.79. The number of para-hydroxylation sites is 4. The van der Waals surface area contributed by atoms with E-state index in [0.29, 0.717) is 0 Å². The third kappa shape index (κ3) is 3.20. The first-order valence-electron chi connectivity index (χ1n) is 13.9. The summed E-state index contributed by atoms with van der Waals surface area (Å²) in [5.41, 5.74) is 11.2. The van der Waals surface area contributed by atoms with Crippen LogP contribution in [0.5, 0.6) is 0 Å². The summed E-state index contributed by atoms with van der Waals surface area (Å²) in [7, 11) is 0. The molecule has 0 N–H and O–H groups in total. The third-order valence-corrected chi connectivity index (χ3v) is 8.21. The van der Waals surface area contributed by atoms with Crippen molar-refractivity contribution < 1.29 is 8.83 Å². The van der Waals surface area contributed by atoms with E-state index in [1.807, 2.05) is 6.07 Å². The lowest BCUT2D eigenvalue weighted by Gasteiger charge is -2.08. The van der Waals surface area contributed by atoms with Gasteiger partial charge in [-0.1, -0.05) is 97.1 Å². The molecule has 3 heteroatoms. The standard InChI is InChI=1S/C38H23NO2/c1-3-11-24(12-4-1)25-21-22-27-28-16-9-17-29(36(28)40-34(27)23-25)30-18-10-19-32-35-38(41-37(30)32)31-15-7-8-20-33(31)39(35)26-13-5-2-6-14-26/h1-23H. The highest BCUT2D eigenvalue weighted by Crippen LogP contribution is 2.44. The lowest BCUT2D eigenvalue weighted by atomic mass is 10.00. The molecule has 9 rings (SSSR count). The Hall–Kier alpha value is -5.54. The Bertz CT molecular complexity index is 2410. The highest BCUT2D eigenvalue weighted by Gasteiger charge is 2.22. The van der Waals surface area contributed by atoms with E-state index in [1.165, 1.54) is 5.56 Å². The van der Waals surface area contributed by atoms with Gasteiger partial charge in [-0.25, -0.2) is 0 Å². The van der Waals surface area contributed by atoms with E-state index in [4.69, 9.17) is 8.83 Å². The van der Waals surface area contributed by atoms with E-state index < -0.39 is 0 Å². The quantitative estimate of drug-likeness (QED) is 0.230. The van der Waals surface area contributed by atoms with Gasteiger partial charge in [-0.3, -0.25) is 0 Å². The number of aromatic nitrogens is 1. The summed E-state index contributed by atoms with van der Waals surface area (Å²) in [6.45, 7) is 0. The minimum absolute atomic E-state index is 0.867. The Morgan fingerprint density at radius 1 is 0.415 bits per heavy atom. The molecule has 0 amide bonds. The predicted octanol–water partition coefficient (Wildman–Crippen LogP) is 10.8. The Morgan fingerprint density at radius 2 is 1.07 bits per heavy atom. The maximum Gasteiger partial charge on any atom is 0.161 e. The molecule has 0 radical (unpaired) electrons. The van der Waals surface area contributed by atoms with Gasteiger partial charge < -0.3 is 13.4 Å². The van der Waals surface area contributed by atoms with Gasteiger partial charge in [0.05, 0.1) is 5.52 Å². The van der Waals surface area contributed by atoms with Crippen LogP contribution in [0, 0.1) is 0 Å². The van der Waals surface area contributed by atoms with Gasteiger partial charge in [-0.15, -0.1) is 0 Å². The molecule has 0 unspecified atom stereocenters. The molecule has 0 atom stereocenters. The Balaban J connectivity index is 1.32. The molecular formula is C38H23NO2. The minimum Gasteiger partial charge on any atom is -0.455 e. The van der Waals surface area contributed by atoms with Crippen LogP contribution in [-0.2, 0) is 0 Å². The van der Waals surface area contributed by atoms with E-state index in [-0.39, 0.29) is 0 Å². The van der Waals surface area contributed by atoms with Gasteiger partial charge in [0, 0.05) is 38.4 Å². The minimum atomic E-state index is 0.867. The van der Waals surface area contributed by atoms with Gasteiger partial charge in [0.2, 0.25) is 0 Å². The van der Waals surface area contributed by atoms with Gasteiger partial charge in [0.1, 0.15) is 22.3 Å². The number of rotatable bonds is 3. The number of nitrogens with zero attached hydrogens (tertiary/aromatic N) is 1. The van der Waals surface area contributed by atoms with E-state index >= 15 is 0 Å². The lowest BCUT2D eigenvalue weighted by Crippen LogP contribution is -1.92. The fraction of sp³-hybridized carbons (Fsp3) is 0. The molecule has 6 aromatic carbocycles. The Labute approximate surface area is 235 Å². The SMILES string of the molecule is c1ccc(-c2ccc3c(c2)oc2c(-c4cccc5c4oc4c6ccccc6n(-c6ccccc6)c54)cccc23)cc1. The molecule has 3 aromatic heterocycles. The topological polar surface area (TPSA) is 31.2 Å². The average molecular weight is 526 g/mol. The Morgan fingerprint density at radius 3 is 1.88 bits per heavy atom. The predicted molar refractivity (Wildman–Crippen MR) is 169 cm³/mol. The highest BCUT2D eigenvalue weighted by molar-refractivity contribution is 6.20. The fourth-order valence-electron chi connectivity index (χ4n) is 6.37. The van der Waals surface area contributed by atoms with Crippen molar-refractivity contribution in [1.82, 2.24) is 4.57 Å². The lowest BCUT2D eigenvalue weighted by molar-refractivity contribution is 0.666. The van der Waals surface area contributed by atoms with Crippen LogP contribution in [0.4, 0.5) is 0 Å². The number of fused-ring (bicyclic) bond motifs is 8. The van der Waals surface area contributed by atoms with Gasteiger partial charge >= 0.3 is 0 Å². The molecular weight excluding hydrogens is 502 g/mol. The maximum atomic E-state index is 6.79. The van der Waals surface area contributed by atoms with E-state index in [9.17, 15) is 0 Å². The zero-order chi connectivity index (χ0) is 26.9. The largest absolute Gasteiger partial charge is 0.455 e. The summed E-state index contributed by atoms with van der Waals surface area (Å²) in [4.78, 5) is 0. The van der Waals surface area contributed by atoms with Crippen LogP contribution in [0.3, 0.4) is 0 Å². The smallest absolute Gasteiger partial charge is 0.161 e. The molecule has 9 aromatic rings. The second-order valence-electron chi connectivity index (χ2n) is 10.5. The van der Waals surface area contributed by atoms with Crippen LogP contribution in [0.15, 0.2) is 148 Å². The van der Waals surface area contributed by atoms with Gasteiger partial charge in [-0.05, 0) is 53.6 Å². The zero-order valence-electron chi connectivity index (χ0n) is 22.0. The first kappa shape index (κ1) is 22.3. The van der Waals surface area contributed by atoms with Gasteiger partial charge in [0.15, 0.2) is 5.58 Å². The van der Waals surface area contributed by atoms with Crippen LogP contribution in [-0.4, -0.2) is 4.57 Å². The molecule has 192 valence electrons. The second kappa shape index (κ2) is 8.48. The molecule has 0 bridgehead atoms. The molecule has 0 aliphatic rings. The summed E-state index contributed by atoms with van der Waals surface area (Å²) in [6, 6.07) is 48.7. The van der Waals surface area contributed by atoms with Gasteiger partial charge in [-0.2, -0.15) is 0 Å². The van der Waals surface area contributed by atoms with Gasteiger partial charge in [0.25, 0.3) is 0 Å². The monoisotopic (exact) mass is 525 g/mol. The van der Waals surface area contributed by atoms with Crippen molar-refractivity contribution in [3.05, 3.63) is 140 Å². The van der Waals surface area contributed by atoms with E-state index in [2.05, 4.69) is 138 Å². The summed E-state index contributed by atoms with van der Waals surface area (Å²) in [5, 5.41) is 4.39. The van der Waals surface area contributed by atoms with Crippen molar-refractivity contribution in [2.75, 3.05) is 0 Å². The molecule has 0 spiro atoms. The molecule has 0 aliphatic heterocycles. The number of furan rings is 2. The highest BCUT2D eigenvalue weighted by atomic mass is 16.3. The van der Waals surface area contributed by atoms with Crippen molar-refractivity contribution >= 4 is 54.9 Å². The van der Waals surface area contributed by atoms with Crippen molar-refractivity contribution in [3.8, 4) is 27.9 Å². The average Bonchev–Trinajstić information content (AvgIpc) is 3.70. The van der Waals surface area contributed by atoms with Crippen LogP contribution in [0.1, 0.15) is 0 Å². The summed E-state index contributed by atoms with van der Waals surface area (Å²) in [5.74, 6) is 0. The third-order valence-electron chi connectivity index (χ3n) is 8.21. The zero-order valence-corrected chi connectivity index (χ0v) is 22.0. The molecule has 0 saturated carbocycles. The molecule has 0 saturated heterocycles. The second-order valence-corrected chi connectivity index (χ2v) is 10.5. The fourth-order valence-corrected chi connectivity index (χ4v) is 6.37. The van der Waals surface area contributed by atoms with E-state index in [0.717, 1.165) is 77.3 Å². The van der Waals surface area contributed by atoms with Crippen molar-refractivity contribution in [1.29, 1.82) is 0 Å². The van der Waals surface area contributed by atoms with Crippen LogP contribution in [0.2, 0.25) is 0 Å². The number of hydrogen-bond acceptors (Lipinski definition) is 2. The first-order valence-corrected chi connectivity index (χ1v) is 13.9. The van der Waals surface area contributed by atoms with E-state index in [1.54, 1.807) is 0 Å². The molecule has 3 nitrogen and oxygen atoms in total. The molecule has 0 fully saturated rings. The van der Waals surface area contributed by atoms with Crippen LogP contribution >= 0.6 is 0 Å². The summed E-state index contributed by atoms with van der Waals surface area (Å²) < 4.78 is 15.7. The summed E-state index contributed by atoms with van der Waals surface area (Å²) >= 11 is 0. The molecule has 41 heavy (non-hydrogen) atoms. The van der Waals surface area contributed by atoms with Crippen LogP contribution in [0.25, 0.3) is 82.9 Å². The van der Waals surface area contributed by atoms with Crippen molar-refractivity contribution in [3.63, 3.8) is 0 Å². The first-order chi connectivity index (χ1) is 20.3. The van der Waals surface area contributed by atoms with Crippen LogP contribution < -0.4 is 0 Å². The summed E-state index contributed by atoms with van der Waals surface area (Å²) in [6.07, 6.45) is 0. The molecule has 3 heterocycles. The van der Waals surface area contributed by atoms with Crippen molar-refractivity contribution in [2.45, 2.75) is 0 Å². The Kier molecular flexibility index (Phi) is 4.61.